The number of methoxy groups -OCH3 is 1. The molecule has 0 unspecified atom stereocenters. The van der Waals surface area contributed by atoms with Gasteiger partial charge in [0.15, 0.2) is 0 Å². The molecule has 1 aromatic carbocycles. The molecule has 0 aromatic heterocycles. The molecule has 0 saturated carbocycles. The topological polar surface area (TPSA) is 21.3 Å². The zero-order valence-electron chi connectivity index (χ0n) is 10.2. The number of halogens is 1. The lowest BCUT2D eigenvalue weighted by Gasteiger charge is -2.16. The molecule has 1 atom stereocenters. The fraction of sp³-hybridized carbons (Fsp3) is 0.538. The molecule has 0 spiro atoms. The fourth-order valence-electron chi connectivity index (χ4n) is 2.36. The number of benzene rings is 1. The summed E-state index contributed by atoms with van der Waals surface area (Å²) in [6.45, 7) is 5.42. The van der Waals surface area contributed by atoms with Crippen molar-refractivity contribution in [3.8, 4) is 5.75 Å². The summed E-state index contributed by atoms with van der Waals surface area (Å²) in [7, 11) is 1.73. The molecule has 1 N–H and O–H groups in total. The van der Waals surface area contributed by atoms with Gasteiger partial charge >= 0.3 is 0 Å². The first kappa shape index (κ1) is 13.3. The van der Waals surface area contributed by atoms with E-state index in [2.05, 4.69) is 31.3 Å². The van der Waals surface area contributed by atoms with Gasteiger partial charge in [0.05, 0.1) is 7.11 Å². The zero-order valence-corrected chi connectivity index (χ0v) is 11.0. The van der Waals surface area contributed by atoms with E-state index in [9.17, 15) is 0 Å². The molecule has 1 aromatic rings. The molecule has 2 rings (SSSR count). The lowest BCUT2D eigenvalue weighted by Crippen LogP contribution is -2.14. The first-order valence-electron chi connectivity index (χ1n) is 5.61. The van der Waals surface area contributed by atoms with Crippen molar-refractivity contribution >= 4 is 12.4 Å². The summed E-state index contributed by atoms with van der Waals surface area (Å²) >= 11 is 0. The Labute approximate surface area is 104 Å². The second kappa shape index (κ2) is 5.55. The number of ether oxygens (including phenoxy) is 1. The SMILES string of the molecule is COc1cc(C)c([C@@H]2CCCN2)cc1C.Cl. The first-order valence-corrected chi connectivity index (χ1v) is 5.61. The van der Waals surface area contributed by atoms with Gasteiger partial charge in [-0.25, -0.2) is 0 Å². The van der Waals surface area contributed by atoms with Crippen LogP contribution in [0.25, 0.3) is 0 Å². The molecule has 2 nitrogen and oxygen atoms in total. The Balaban J connectivity index is 0.00000128. The minimum atomic E-state index is 0. The van der Waals surface area contributed by atoms with Gasteiger partial charge in [0.1, 0.15) is 5.75 Å². The average molecular weight is 242 g/mol. The molecule has 1 saturated heterocycles. The molecule has 0 bridgehead atoms. The van der Waals surface area contributed by atoms with Gasteiger partial charge in [0.25, 0.3) is 0 Å². The molecular weight excluding hydrogens is 222 g/mol. The van der Waals surface area contributed by atoms with Gasteiger partial charge in [-0.1, -0.05) is 6.07 Å². The highest BCUT2D eigenvalue weighted by atomic mass is 35.5. The van der Waals surface area contributed by atoms with Crippen molar-refractivity contribution in [2.75, 3.05) is 13.7 Å². The monoisotopic (exact) mass is 241 g/mol. The Morgan fingerprint density at radius 2 is 2.00 bits per heavy atom. The van der Waals surface area contributed by atoms with Crippen molar-refractivity contribution in [3.05, 3.63) is 28.8 Å². The van der Waals surface area contributed by atoms with Crippen molar-refractivity contribution < 1.29 is 4.74 Å². The van der Waals surface area contributed by atoms with Crippen LogP contribution in [0, 0.1) is 13.8 Å². The molecule has 16 heavy (non-hydrogen) atoms. The summed E-state index contributed by atoms with van der Waals surface area (Å²) < 4.78 is 5.32. The molecule has 0 aliphatic carbocycles. The molecule has 0 radical (unpaired) electrons. The van der Waals surface area contributed by atoms with Crippen LogP contribution in [0.1, 0.15) is 35.6 Å². The van der Waals surface area contributed by atoms with Crippen molar-refractivity contribution in [2.24, 2.45) is 0 Å². The second-order valence-electron chi connectivity index (χ2n) is 4.33. The van der Waals surface area contributed by atoms with E-state index in [4.69, 9.17) is 4.74 Å². The standard InChI is InChI=1S/C13H19NO.ClH/c1-9-8-13(15-3)10(2)7-11(9)12-5-4-6-14-12;/h7-8,12,14H,4-6H2,1-3H3;1H/t12-;/m0./s1. The molecule has 90 valence electrons. The first-order chi connectivity index (χ1) is 7.22. The van der Waals surface area contributed by atoms with Crippen LogP contribution in [-0.4, -0.2) is 13.7 Å². The summed E-state index contributed by atoms with van der Waals surface area (Å²) in [4.78, 5) is 0. The minimum Gasteiger partial charge on any atom is -0.496 e. The zero-order chi connectivity index (χ0) is 10.8. The van der Waals surface area contributed by atoms with E-state index >= 15 is 0 Å². The van der Waals surface area contributed by atoms with Gasteiger partial charge in [0, 0.05) is 6.04 Å². The average Bonchev–Trinajstić information content (AvgIpc) is 2.74. The van der Waals surface area contributed by atoms with Crippen molar-refractivity contribution in [1.29, 1.82) is 0 Å². The predicted molar refractivity (Wildman–Crippen MR) is 69.7 cm³/mol. The highest BCUT2D eigenvalue weighted by Gasteiger charge is 2.18. The van der Waals surface area contributed by atoms with Crippen LogP contribution in [0.2, 0.25) is 0 Å². The minimum absolute atomic E-state index is 0. The number of nitrogens with one attached hydrogen (secondary N) is 1. The van der Waals surface area contributed by atoms with E-state index in [0.29, 0.717) is 6.04 Å². The quantitative estimate of drug-likeness (QED) is 0.859. The number of rotatable bonds is 2. The normalized spacial score (nSPS) is 19.3. The van der Waals surface area contributed by atoms with Crippen molar-refractivity contribution in [3.63, 3.8) is 0 Å². The third-order valence-electron chi connectivity index (χ3n) is 3.22. The van der Waals surface area contributed by atoms with Gasteiger partial charge < -0.3 is 10.1 Å². The van der Waals surface area contributed by atoms with Crippen molar-refractivity contribution in [1.82, 2.24) is 5.32 Å². The highest BCUT2D eigenvalue weighted by molar-refractivity contribution is 5.85. The second-order valence-corrected chi connectivity index (χ2v) is 4.33. The lowest BCUT2D eigenvalue weighted by atomic mass is 9.97. The summed E-state index contributed by atoms with van der Waals surface area (Å²) in [5.41, 5.74) is 3.99. The van der Waals surface area contributed by atoms with Crippen LogP contribution in [0.15, 0.2) is 12.1 Å². The lowest BCUT2D eigenvalue weighted by molar-refractivity contribution is 0.411. The van der Waals surface area contributed by atoms with E-state index in [1.165, 1.54) is 29.5 Å². The van der Waals surface area contributed by atoms with Gasteiger partial charge in [-0.2, -0.15) is 0 Å². The van der Waals surface area contributed by atoms with Crippen LogP contribution >= 0.6 is 12.4 Å². The third kappa shape index (κ3) is 2.50. The largest absolute Gasteiger partial charge is 0.496 e. The molecule has 0 amide bonds. The Morgan fingerprint density at radius 1 is 1.25 bits per heavy atom. The van der Waals surface area contributed by atoms with Crippen molar-refractivity contribution in [2.45, 2.75) is 32.7 Å². The van der Waals surface area contributed by atoms with E-state index in [1.54, 1.807) is 7.11 Å². The molecule has 1 aliphatic heterocycles. The predicted octanol–water partition coefficient (Wildman–Crippen LogP) is 3.16. The number of hydrogen-bond donors (Lipinski definition) is 1. The fourth-order valence-corrected chi connectivity index (χ4v) is 2.36. The Bertz CT molecular complexity index is 359. The Morgan fingerprint density at radius 3 is 2.56 bits per heavy atom. The van der Waals surface area contributed by atoms with Gasteiger partial charge in [-0.3, -0.25) is 0 Å². The maximum atomic E-state index is 5.32. The molecule has 1 fully saturated rings. The molecule has 1 heterocycles. The van der Waals surface area contributed by atoms with Crippen LogP contribution in [0.4, 0.5) is 0 Å². The maximum absolute atomic E-state index is 5.32. The van der Waals surface area contributed by atoms with Gasteiger partial charge in [-0.05, 0) is 56.0 Å². The van der Waals surface area contributed by atoms with Gasteiger partial charge in [0.2, 0.25) is 0 Å². The van der Waals surface area contributed by atoms with Gasteiger partial charge in [-0.15, -0.1) is 12.4 Å². The number of aryl methyl sites for hydroxylation is 2. The number of hydrogen-bond acceptors (Lipinski definition) is 2. The van der Waals surface area contributed by atoms with E-state index < -0.39 is 0 Å². The highest BCUT2D eigenvalue weighted by Crippen LogP contribution is 2.30. The smallest absolute Gasteiger partial charge is 0.122 e. The maximum Gasteiger partial charge on any atom is 0.122 e. The Hall–Kier alpha value is -0.730. The van der Waals surface area contributed by atoms with E-state index in [1.807, 2.05) is 0 Å². The van der Waals surface area contributed by atoms with E-state index in [-0.39, 0.29) is 12.4 Å². The summed E-state index contributed by atoms with van der Waals surface area (Å²) in [6.07, 6.45) is 2.54. The summed E-state index contributed by atoms with van der Waals surface area (Å²) in [6, 6.07) is 4.96. The van der Waals surface area contributed by atoms with Crippen LogP contribution < -0.4 is 10.1 Å². The van der Waals surface area contributed by atoms with Crippen LogP contribution in [0.3, 0.4) is 0 Å². The summed E-state index contributed by atoms with van der Waals surface area (Å²) in [5.74, 6) is 0.995. The van der Waals surface area contributed by atoms with E-state index in [0.717, 1.165) is 12.3 Å². The molecular formula is C13H20ClNO. The molecule has 1 aliphatic rings. The Kier molecular flexibility index (Phi) is 4.63. The van der Waals surface area contributed by atoms with Crippen LogP contribution in [-0.2, 0) is 0 Å². The summed E-state index contributed by atoms with van der Waals surface area (Å²) in [5, 5.41) is 3.54. The molecule has 3 heteroatoms. The third-order valence-corrected chi connectivity index (χ3v) is 3.22. The van der Waals surface area contributed by atoms with Crippen LogP contribution in [0.5, 0.6) is 5.75 Å².